The number of benzene rings is 1. The molecule has 1 aromatic rings. The molecule has 2 rings (SSSR count). The summed E-state index contributed by atoms with van der Waals surface area (Å²) in [7, 11) is 0. The lowest BCUT2D eigenvalue weighted by Crippen LogP contribution is -2.33. The fourth-order valence-electron chi connectivity index (χ4n) is 3.19. The van der Waals surface area contributed by atoms with Gasteiger partial charge in [0.15, 0.2) is 0 Å². The van der Waals surface area contributed by atoms with E-state index in [0.29, 0.717) is 5.92 Å². The molecule has 1 nitrogen and oxygen atoms in total. The molecule has 0 unspecified atom stereocenters. The first-order valence-corrected chi connectivity index (χ1v) is 7.57. The molecule has 18 heavy (non-hydrogen) atoms. The monoisotopic (exact) mass is 265 g/mol. The van der Waals surface area contributed by atoms with Crippen molar-refractivity contribution in [2.45, 2.75) is 63.8 Å². The summed E-state index contributed by atoms with van der Waals surface area (Å²) in [5, 5.41) is 0.901. The van der Waals surface area contributed by atoms with Gasteiger partial charge < -0.3 is 5.73 Å². The van der Waals surface area contributed by atoms with E-state index in [1.54, 1.807) is 0 Å². The maximum atomic E-state index is 6.48. The molecular weight excluding hydrogens is 242 g/mol. The first-order valence-electron chi connectivity index (χ1n) is 7.19. The third kappa shape index (κ3) is 2.57. The lowest BCUT2D eigenvalue weighted by Gasteiger charge is -2.25. The predicted octanol–water partition coefficient (Wildman–Crippen LogP) is 4.97. The van der Waals surface area contributed by atoms with Crippen LogP contribution in [-0.4, -0.2) is 0 Å². The average molecular weight is 266 g/mol. The molecule has 2 N–H and O–H groups in total. The zero-order valence-corrected chi connectivity index (χ0v) is 12.3. The Morgan fingerprint density at radius 3 is 2.33 bits per heavy atom. The predicted molar refractivity (Wildman–Crippen MR) is 79.1 cm³/mol. The van der Waals surface area contributed by atoms with Crippen molar-refractivity contribution in [1.82, 2.24) is 0 Å². The van der Waals surface area contributed by atoms with Gasteiger partial charge in [-0.05, 0) is 48.8 Å². The molecule has 1 saturated carbocycles. The van der Waals surface area contributed by atoms with Gasteiger partial charge in [-0.15, -0.1) is 0 Å². The quantitative estimate of drug-likeness (QED) is 0.817. The highest BCUT2D eigenvalue weighted by molar-refractivity contribution is 6.31. The van der Waals surface area contributed by atoms with Crippen molar-refractivity contribution in [3.05, 3.63) is 34.3 Å². The SMILES string of the molecule is CCC(CC)c1ccc(C2(N)CCCC2)cc1Cl. The zero-order valence-electron chi connectivity index (χ0n) is 11.5. The molecule has 0 saturated heterocycles. The van der Waals surface area contributed by atoms with Crippen LogP contribution in [0, 0.1) is 0 Å². The van der Waals surface area contributed by atoms with Gasteiger partial charge in [-0.25, -0.2) is 0 Å². The zero-order chi connectivity index (χ0) is 13.2. The van der Waals surface area contributed by atoms with Crippen LogP contribution in [0.25, 0.3) is 0 Å². The van der Waals surface area contributed by atoms with Crippen LogP contribution in [0.5, 0.6) is 0 Å². The lowest BCUT2D eigenvalue weighted by molar-refractivity contribution is 0.461. The van der Waals surface area contributed by atoms with Gasteiger partial charge in [-0.2, -0.15) is 0 Å². The van der Waals surface area contributed by atoms with Gasteiger partial charge in [0.05, 0.1) is 0 Å². The maximum Gasteiger partial charge on any atom is 0.0444 e. The van der Waals surface area contributed by atoms with Crippen LogP contribution in [0.3, 0.4) is 0 Å². The highest BCUT2D eigenvalue weighted by Gasteiger charge is 2.31. The lowest BCUT2D eigenvalue weighted by atomic mass is 9.86. The van der Waals surface area contributed by atoms with Crippen LogP contribution in [0.4, 0.5) is 0 Å². The molecular formula is C16H24ClN. The molecule has 1 aliphatic carbocycles. The minimum absolute atomic E-state index is 0.129. The second-order valence-corrected chi connectivity index (χ2v) is 6.02. The summed E-state index contributed by atoms with van der Waals surface area (Å²) in [6.07, 6.45) is 6.94. The van der Waals surface area contributed by atoms with E-state index in [-0.39, 0.29) is 5.54 Å². The van der Waals surface area contributed by atoms with Crippen LogP contribution in [-0.2, 0) is 5.54 Å². The van der Waals surface area contributed by atoms with Crippen LogP contribution >= 0.6 is 11.6 Å². The van der Waals surface area contributed by atoms with Crippen molar-refractivity contribution in [2.75, 3.05) is 0 Å². The van der Waals surface area contributed by atoms with E-state index in [1.807, 2.05) is 0 Å². The summed E-state index contributed by atoms with van der Waals surface area (Å²) in [5.74, 6) is 0.573. The largest absolute Gasteiger partial charge is 0.321 e. The first-order chi connectivity index (χ1) is 8.60. The van der Waals surface area contributed by atoms with E-state index in [2.05, 4.69) is 32.0 Å². The molecule has 1 aliphatic rings. The van der Waals surface area contributed by atoms with E-state index in [1.165, 1.54) is 24.0 Å². The molecule has 0 heterocycles. The van der Waals surface area contributed by atoms with E-state index in [9.17, 15) is 0 Å². The molecule has 0 bridgehead atoms. The Morgan fingerprint density at radius 1 is 1.22 bits per heavy atom. The Hall–Kier alpha value is -0.530. The van der Waals surface area contributed by atoms with Gasteiger partial charge in [0.25, 0.3) is 0 Å². The number of hydrogen-bond acceptors (Lipinski definition) is 1. The molecule has 0 aliphatic heterocycles. The summed E-state index contributed by atoms with van der Waals surface area (Å²) in [6.45, 7) is 4.44. The second kappa shape index (κ2) is 5.63. The van der Waals surface area contributed by atoms with Crippen molar-refractivity contribution in [1.29, 1.82) is 0 Å². The van der Waals surface area contributed by atoms with Gasteiger partial charge in [0.1, 0.15) is 0 Å². The third-order valence-electron chi connectivity index (χ3n) is 4.50. The molecule has 0 radical (unpaired) electrons. The van der Waals surface area contributed by atoms with Gasteiger partial charge in [-0.3, -0.25) is 0 Å². The third-order valence-corrected chi connectivity index (χ3v) is 4.82. The van der Waals surface area contributed by atoms with Gasteiger partial charge >= 0.3 is 0 Å². The molecule has 1 fully saturated rings. The van der Waals surface area contributed by atoms with Crippen molar-refractivity contribution in [3.63, 3.8) is 0 Å². The van der Waals surface area contributed by atoms with E-state index in [4.69, 9.17) is 17.3 Å². The smallest absolute Gasteiger partial charge is 0.0444 e. The fraction of sp³-hybridized carbons (Fsp3) is 0.625. The summed E-state index contributed by atoms with van der Waals surface area (Å²) < 4.78 is 0. The highest BCUT2D eigenvalue weighted by Crippen LogP contribution is 2.39. The summed E-state index contributed by atoms with van der Waals surface area (Å²) in [4.78, 5) is 0. The Morgan fingerprint density at radius 2 is 1.83 bits per heavy atom. The second-order valence-electron chi connectivity index (χ2n) is 5.61. The molecule has 1 aromatic carbocycles. The van der Waals surface area contributed by atoms with Crippen LogP contribution in [0.2, 0.25) is 5.02 Å². The number of rotatable bonds is 4. The average Bonchev–Trinajstić information content (AvgIpc) is 2.81. The normalized spacial score (nSPS) is 18.5. The Balaban J connectivity index is 2.29. The molecule has 100 valence electrons. The summed E-state index contributed by atoms with van der Waals surface area (Å²) >= 11 is 6.47. The highest BCUT2D eigenvalue weighted by atomic mass is 35.5. The fourth-order valence-corrected chi connectivity index (χ4v) is 3.53. The summed E-state index contributed by atoms with van der Waals surface area (Å²) in [6, 6.07) is 6.51. The minimum atomic E-state index is -0.129. The Kier molecular flexibility index (Phi) is 4.34. The molecule has 0 amide bonds. The number of halogens is 1. The maximum absolute atomic E-state index is 6.48. The number of nitrogens with two attached hydrogens (primary N) is 1. The summed E-state index contributed by atoms with van der Waals surface area (Å²) in [5.41, 5.74) is 8.86. The number of hydrogen-bond donors (Lipinski definition) is 1. The van der Waals surface area contributed by atoms with Crippen molar-refractivity contribution in [2.24, 2.45) is 5.73 Å². The molecule has 0 aromatic heterocycles. The van der Waals surface area contributed by atoms with Crippen LogP contribution in [0.1, 0.15) is 69.4 Å². The van der Waals surface area contributed by atoms with Crippen molar-refractivity contribution >= 4 is 11.6 Å². The Labute approximate surface area is 116 Å². The van der Waals surface area contributed by atoms with E-state index in [0.717, 1.165) is 30.7 Å². The molecule has 0 atom stereocenters. The van der Waals surface area contributed by atoms with Crippen molar-refractivity contribution < 1.29 is 0 Å². The standard InChI is InChI=1S/C16H24ClN/c1-3-12(4-2)14-8-7-13(11-15(14)17)16(18)9-5-6-10-16/h7-8,11-12H,3-6,9-10,18H2,1-2H3. The van der Waals surface area contributed by atoms with Gasteiger partial charge in [0, 0.05) is 10.6 Å². The minimum Gasteiger partial charge on any atom is -0.321 e. The first kappa shape index (κ1) is 13.9. The van der Waals surface area contributed by atoms with E-state index < -0.39 is 0 Å². The van der Waals surface area contributed by atoms with Crippen LogP contribution < -0.4 is 5.73 Å². The molecule has 0 spiro atoms. The van der Waals surface area contributed by atoms with Crippen molar-refractivity contribution in [3.8, 4) is 0 Å². The van der Waals surface area contributed by atoms with Gasteiger partial charge in [0.2, 0.25) is 0 Å². The topological polar surface area (TPSA) is 26.0 Å². The Bertz CT molecular complexity index is 404. The van der Waals surface area contributed by atoms with E-state index >= 15 is 0 Å². The van der Waals surface area contributed by atoms with Gasteiger partial charge in [-0.1, -0.05) is 50.4 Å². The molecule has 2 heteroatoms. The van der Waals surface area contributed by atoms with Crippen LogP contribution in [0.15, 0.2) is 18.2 Å².